The van der Waals surface area contributed by atoms with Crippen molar-refractivity contribution >= 4 is 17.5 Å². The van der Waals surface area contributed by atoms with Crippen LogP contribution in [0.1, 0.15) is 18.1 Å². The predicted molar refractivity (Wildman–Crippen MR) is 69.6 cm³/mol. The first-order valence-electron chi connectivity index (χ1n) is 6.45. The van der Waals surface area contributed by atoms with Gasteiger partial charge in [-0.15, -0.1) is 0 Å². The minimum Gasteiger partial charge on any atom is -0.348 e. The van der Waals surface area contributed by atoms with E-state index in [0.717, 1.165) is 23.2 Å². The van der Waals surface area contributed by atoms with Crippen molar-refractivity contribution in [2.45, 2.75) is 25.9 Å². The molecule has 100 valence electrons. The van der Waals surface area contributed by atoms with E-state index in [0.29, 0.717) is 19.7 Å². The molecule has 1 fully saturated rings. The summed E-state index contributed by atoms with van der Waals surface area (Å²) in [7, 11) is 0. The second kappa shape index (κ2) is 4.66. The smallest absolute Gasteiger partial charge is 0.253 e. The van der Waals surface area contributed by atoms with E-state index in [1.165, 1.54) is 0 Å². The average Bonchev–Trinajstić information content (AvgIpc) is 2.90. The van der Waals surface area contributed by atoms with Crippen LogP contribution in [0.2, 0.25) is 0 Å². The van der Waals surface area contributed by atoms with Crippen LogP contribution in [0.3, 0.4) is 0 Å². The largest absolute Gasteiger partial charge is 0.348 e. The first kappa shape index (κ1) is 12.2. The molecule has 0 spiro atoms. The molecule has 1 aromatic rings. The number of carbonyl (C=O) groups is 2. The molecule has 0 aromatic heterocycles. The van der Waals surface area contributed by atoms with E-state index < -0.39 is 0 Å². The summed E-state index contributed by atoms with van der Waals surface area (Å²) < 4.78 is 5.27. The molecule has 2 aliphatic heterocycles. The highest BCUT2D eigenvalue weighted by Crippen LogP contribution is 2.24. The summed E-state index contributed by atoms with van der Waals surface area (Å²) in [6.45, 7) is 2.80. The highest BCUT2D eigenvalue weighted by Gasteiger charge is 2.28. The van der Waals surface area contributed by atoms with Gasteiger partial charge >= 0.3 is 0 Å². The number of benzene rings is 1. The molecule has 19 heavy (non-hydrogen) atoms. The fraction of sp³-hybridized carbons (Fsp3) is 0.429. The molecule has 0 bridgehead atoms. The zero-order chi connectivity index (χ0) is 13.4. The Hall–Kier alpha value is -1.88. The minimum atomic E-state index is -0.320. The molecular weight excluding hydrogens is 244 g/mol. The molecule has 1 aromatic carbocycles. The van der Waals surface area contributed by atoms with Crippen molar-refractivity contribution in [3.05, 3.63) is 29.3 Å². The Morgan fingerprint density at radius 1 is 1.42 bits per heavy atom. The van der Waals surface area contributed by atoms with E-state index in [1.54, 1.807) is 11.8 Å². The highest BCUT2D eigenvalue weighted by atomic mass is 16.5. The van der Waals surface area contributed by atoms with E-state index in [2.05, 4.69) is 5.32 Å². The van der Waals surface area contributed by atoms with Gasteiger partial charge in [0.2, 0.25) is 5.91 Å². The van der Waals surface area contributed by atoms with Gasteiger partial charge in [-0.2, -0.15) is 0 Å². The van der Waals surface area contributed by atoms with Crippen molar-refractivity contribution in [3.8, 4) is 0 Å². The van der Waals surface area contributed by atoms with Crippen LogP contribution in [0.25, 0.3) is 0 Å². The molecule has 2 aliphatic rings. The third kappa shape index (κ3) is 2.33. The maximum Gasteiger partial charge on any atom is 0.253 e. The lowest BCUT2D eigenvalue weighted by Gasteiger charge is -2.14. The van der Waals surface area contributed by atoms with Crippen molar-refractivity contribution < 1.29 is 14.3 Å². The van der Waals surface area contributed by atoms with Gasteiger partial charge in [-0.3, -0.25) is 9.59 Å². The molecule has 0 aliphatic carbocycles. The van der Waals surface area contributed by atoms with Gasteiger partial charge in [0.25, 0.3) is 5.91 Å². The molecule has 2 heterocycles. The number of ether oxygens (including phenoxy) is 1. The van der Waals surface area contributed by atoms with Crippen LogP contribution >= 0.6 is 0 Å². The molecule has 1 saturated heterocycles. The number of nitrogens with zero attached hydrogens (tertiary/aromatic N) is 1. The summed E-state index contributed by atoms with van der Waals surface area (Å²) in [5.74, 6) is 0.0959. The normalized spacial score (nSPS) is 21.7. The molecule has 1 unspecified atom stereocenters. The third-order valence-corrected chi connectivity index (χ3v) is 3.61. The zero-order valence-electron chi connectivity index (χ0n) is 10.8. The number of nitrogens with one attached hydrogen (secondary N) is 1. The topological polar surface area (TPSA) is 58.6 Å². The van der Waals surface area contributed by atoms with Gasteiger partial charge in [-0.25, -0.2) is 0 Å². The van der Waals surface area contributed by atoms with Crippen LogP contribution in [0.4, 0.5) is 5.69 Å². The van der Waals surface area contributed by atoms with Crippen molar-refractivity contribution in [3.63, 3.8) is 0 Å². The summed E-state index contributed by atoms with van der Waals surface area (Å²) in [5.41, 5.74) is 3.07. The second-order valence-electron chi connectivity index (χ2n) is 5.01. The number of hydrogen-bond acceptors (Lipinski definition) is 3. The predicted octanol–water partition coefficient (Wildman–Crippen LogP) is 0.929. The molecule has 5 nitrogen and oxygen atoms in total. The van der Waals surface area contributed by atoms with Crippen molar-refractivity contribution in [1.29, 1.82) is 0 Å². The molecular formula is C14H16N2O3. The van der Waals surface area contributed by atoms with Crippen LogP contribution < -0.4 is 5.32 Å². The SMILES string of the molecule is CC1OCN(CCc2ccc3c(c2)NC(=O)C3)C1=O. The Morgan fingerprint density at radius 3 is 3.00 bits per heavy atom. The first-order valence-corrected chi connectivity index (χ1v) is 6.45. The van der Waals surface area contributed by atoms with Crippen LogP contribution in [0.5, 0.6) is 0 Å². The Bertz CT molecular complexity index is 541. The Kier molecular flexibility index (Phi) is 2.98. The standard InChI is InChI=1S/C14H16N2O3/c1-9-14(18)16(8-19-9)5-4-10-2-3-11-7-13(17)15-12(11)6-10/h2-3,6,9H,4-5,7-8H2,1H3,(H,15,17). The van der Waals surface area contributed by atoms with Gasteiger partial charge in [0.05, 0.1) is 6.42 Å². The maximum absolute atomic E-state index is 11.7. The summed E-state index contributed by atoms with van der Waals surface area (Å²) in [6, 6.07) is 5.99. The minimum absolute atomic E-state index is 0.0455. The lowest BCUT2D eigenvalue weighted by Crippen LogP contribution is -2.30. The quantitative estimate of drug-likeness (QED) is 0.879. The number of hydrogen-bond donors (Lipinski definition) is 1. The maximum atomic E-state index is 11.7. The summed E-state index contributed by atoms with van der Waals surface area (Å²) in [4.78, 5) is 24.7. The summed E-state index contributed by atoms with van der Waals surface area (Å²) in [6.07, 6.45) is 0.913. The fourth-order valence-electron chi connectivity index (χ4n) is 2.45. The summed E-state index contributed by atoms with van der Waals surface area (Å²) in [5, 5.41) is 2.84. The van der Waals surface area contributed by atoms with Gasteiger partial charge in [0, 0.05) is 12.2 Å². The van der Waals surface area contributed by atoms with Gasteiger partial charge in [0.1, 0.15) is 12.8 Å². The second-order valence-corrected chi connectivity index (χ2v) is 5.01. The molecule has 0 saturated carbocycles. The van der Waals surface area contributed by atoms with Crippen molar-refractivity contribution in [2.24, 2.45) is 0 Å². The number of rotatable bonds is 3. The lowest BCUT2D eigenvalue weighted by molar-refractivity contribution is -0.129. The van der Waals surface area contributed by atoms with Crippen molar-refractivity contribution in [2.75, 3.05) is 18.6 Å². The van der Waals surface area contributed by atoms with Gasteiger partial charge in [0.15, 0.2) is 0 Å². The van der Waals surface area contributed by atoms with Crippen LogP contribution in [-0.4, -0.2) is 36.1 Å². The molecule has 0 radical (unpaired) electrons. The molecule has 1 atom stereocenters. The van der Waals surface area contributed by atoms with E-state index in [9.17, 15) is 9.59 Å². The Morgan fingerprint density at radius 2 is 2.26 bits per heavy atom. The monoisotopic (exact) mass is 260 g/mol. The van der Waals surface area contributed by atoms with E-state index in [4.69, 9.17) is 4.74 Å². The van der Waals surface area contributed by atoms with Crippen LogP contribution in [-0.2, 0) is 27.2 Å². The van der Waals surface area contributed by atoms with Gasteiger partial charge < -0.3 is 15.0 Å². The number of amides is 2. The van der Waals surface area contributed by atoms with Gasteiger partial charge in [-0.1, -0.05) is 12.1 Å². The van der Waals surface area contributed by atoms with E-state index in [-0.39, 0.29) is 17.9 Å². The lowest BCUT2D eigenvalue weighted by atomic mass is 10.1. The highest BCUT2D eigenvalue weighted by molar-refractivity contribution is 5.99. The number of anilines is 1. The van der Waals surface area contributed by atoms with E-state index in [1.807, 2.05) is 18.2 Å². The Balaban J connectivity index is 1.64. The summed E-state index contributed by atoms with van der Waals surface area (Å²) >= 11 is 0. The number of carbonyl (C=O) groups excluding carboxylic acids is 2. The molecule has 3 rings (SSSR count). The third-order valence-electron chi connectivity index (χ3n) is 3.61. The zero-order valence-corrected chi connectivity index (χ0v) is 10.8. The van der Waals surface area contributed by atoms with E-state index >= 15 is 0 Å². The fourth-order valence-corrected chi connectivity index (χ4v) is 2.45. The molecule has 2 amide bonds. The molecule has 1 N–H and O–H groups in total. The van der Waals surface area contributed by atoms with Gasteiger partial charge in [-0.05, 0) is 30.5 Å². The average molecular weight is 260 g/mol. The van der Waals surface area contributed by atoms with Crippen LogP contribution in [0.15, 0.2) is 18.2 Å². The Labute approximate surface area is 111 Å². The first-order chi connectivity index (χ1) is 9.13. The number of fused-ring (bicyclic) bond motifs is 1. The molecule has 5 heteroatoms. The van der Waals surface area contributed by atoms with Crippen molar-refractivity contribution in [1.82, 2.24) is 4.90 Å². The van der Waals surface area contributed by atoms with Crippen LogP contribution in [0, 0.1) is 0 Å².